The van der Waals surface area contributed by atoms with E-state index in [2.05, 4.69) is 0 Å². The summed E-state index contributed by atoms with van der Waals surface area (Å²) in [6.07, 6.45) is -6.21. The van der Waals surface area contributed by atoms with Crippen molar-refractivity contribution >= 4 is 0 Å². The molecule has 0 saturated carbocycles. The zero-order chi connectivity index (χ0) is 14.4. The van der Waals surface area contributed by atoms with Crippen molar-refractivity contribution < 1.29 is 34.6 Å². The maximum atomic E-state index is 9.94. The predicted molar refractivity (Wildman–Crippen MR) is 63.0 cm³/mol. The lowest BCUT2D eigenvalue weighted by molar-refractivity contribution is -0.357. The van der Waals surface area contributed by atoms with Crippen molar-refractivity contribution in [1.29, 1.82) is 0 Å². The normalized spacial score (nSPS) is 55.4. The second-order valence-corrected chi connectivity index (χ2v) is 5.50. The Kier molecular flexibility index (Phi) is 4.18. The van der Waals surface area contributed by atoms with Gasteiger partial charge in [-0.2, -0.15) is 0 Å². The van der Waals surface area contributed by atoms with Crippen LogP contribution in [0, 0.1) is 0 Å². The van der Waals surface area contributed by atoms with Crippen LogP contribution in [0.2, 0.25) is 0 Å². The number of aliphatic hydroxyl groups excluding tert-OH is 4. The Morgan fingerprint density at radius 2 is 1.74 bits per heavy atom. The molecule has 4 unspecified atom stereocenters. The largest absolute Gasteiger partial charge is 0.390 e. The second-order valence-electron chi connectivity index (χ2n) is 5.50. The zero-order valence-corrected chi connectivity index (χ0v) is 11.3. The molecule has 0 aromatic rings. The van der Waals surface area contributed by atoms with E-state index in [0.29, 0.717) is 6.42 Å². The molecule has 112 valence electrons. The van der Waals surface area contributed by atoms with Crippen LogP contribution in [0.3, 0.4) is 0 Å². The molecule has 7 heteroatoms. The predicted octanol–water partition coefficient (Wildman–Crippen LogP) is -1.28. The van der Waals surface area contributed by atoms with Crippen LogP contribution in [-0.2, 0) is 14.2 Å². The summed E-state index contributed by atoms with van der Waals surface area (Å²) in [7, 11) is 0. The van der Waals surface area contributed by atoms with Gasteiger partial charge in [0, 0.05) is 6.42 Å². The Labute approximate surface area is 111 Å². The zero-order valence-electron chi connectivity index (χ0n) is 11.3. The Balaban J connectivity index is 2.07. The summed E-state index contributed by atoms with van der Waals surface area (Å²) in [5.74, 6) is -1.48. The van der Waals surface area contributed by atoms with Crippen LogP contribution in [0.5, 0.6) is 0 Å². The number of aliphatic hydroxyl groups is 4. The third-order valence-electron chi connectivity index (χ3n) is 3.72. The standard InChI is InChI=1S/C12H22O7/c1-5-4-7(13)9(15)11(17-5)19-12(3)10(16)8(14)6(2)18-12/h5-11,13-16H,4H2,1-3H3/t5?,6-,7?,8?,9?,10-,11-,12-/m1/s1. The minimum atomic E-state index is -1.48. The van der Waals surface area contributed by atoms with Gasteiger partial charge in [-0.3, -0.25) is 0 Å². The molecule has 0 spiro atoms. The molecule has 0 aliphatic carbocycles. The summed E-state index contributed by atoms with van der Waals surface area (Å²) < 4.78 is 16.3. The molecule has 0 bridgehead atoms. The minimum Gasteiger partial charge on any atom is -0.390 e. The van der Waals surface area contributed by atoms with E-state index in [9.17, 15) is 20.4 Å². The van der Waals surface area contributed by atoms with E-state index >= 15 is 0 Å². The maximum absolute atomic E-state index is 9.94. The Bertz CT molecular complexity index is 325. The average Bonchev–Trinajstić information content (AvgIpc) is 2.50. The van der Waals surface area contributed by atoms with Crippen molar-refractivity contribution in [2.45, 2.75) is 75.9 Å². The first-order valence-corrected chi connectivity index (χ1v) is 6.48. The van der Waals surface area contributed by atoms with Gasteiger partial charge in [0.25, 0.3) is 0 Å². The first kappa shape index (κ1) is 15.1. The van der Waals surface area contributed by atoms with E-state index in [0.717, 1.165) is 0 Å². The maximum Gasteiger partial charge on any atom is 0.197 e. The van der Waals surface area contributed by atoms with Crippen molar-refractivity contribution in [1.82, 2.24) is 0 Å². The highest BCUT2D eigenvalue weighted by Crippen LogP contribution is 2.35. The molecular formula is C12H22O7. The molecule has 2 aliphatic rings. The Morgan fingerprint density at radius 3 is 2.26 bits per heavy atom. The van der Waals surface area contributed by atoms with Gasteiger partial charge in [0.05, 0.1) is 18.3 Å². The van der Waals surface area contributed by atoms with Gasteiger partial charge >= 0.3 is 0 Å². The van der Waals surface area contributed by atoms with Crippen molar-refractivity contribution in [2.75, 3.05) is 0 Å². The number of hydrogen-bond acceptors (Lipinski definition) is 7. The quantitative estimate of drug-likeness (QED) is 0.498. The van der Waals surface area contributed by atoms with Crippen LogP contribution in [0.1, 0.15) is 27.2 Å². The summed E-state index contributed by atoms with van der Waals surface area (Å²) in [5, 5.41) is 39.2. The molecule has 2 rings (SSSR count). The highest BCUT2D eigenvalue weighted by Gasteiger charge is 2.53. The lowest BCUT2D eigenvalue weighted by Crippen LogP contribution is -2.54. The molecule has 8 atom stereocenters. The fourth-order valence-corrected chi connectivity index (χ4v) is 2.53. The molecule has 0 radical (unpaired) electrons. The molecule has 19 heavy (non-hydrogen) atoms. The highest BCUT2D eigenvalue weighted by atomic mass is 16.8. The fourth-order valence-electron chi connectivity index (χ4n) is 2.53. The molecule has 2 heterocycles. The first-order chi connectivity index (χ1) is 8.74. The molecule has 0 amide bonds. The molecule has 4 N–H and O–H groups in total. The van der Waals surface area contributed by atoms with Crippen LogP contribution < -0.4 is 0 Å². The lowest BCUT2D eigenvalue weighted by atomic mass is 10.0. The van der Waals surface area contributed by atoms with E-state index in [-0.39, 0.29) is 6.10 Å². The fraction of sp³-hybridized carbons (Fsp3) is 1.00. The van der Waals surface area contributed by atoms with Gasteiger partial charge in [0.15, 0.2) is 12.1 Å². The molecule has 2 fully saturated rings. The lowest BCUT2D eigenvalue weighted by Gasteiger charge is -2.40. The molecule has 0 aromatic heterocycles. The van der Waals surface area contributed by atoms with Gasteiger partial charge in [0.1, 0.15) is 18.3 Å². The summed E-state index contributed by atoms with van der Waals surface area (Å²) in [5.41, 5.74) is 0. The molecule has 2 saturated heterocycles. The summed E-state index contributed by atoms with van der Waals surface area (Å²) in [6.45, 7) is 4.82. The van der Waals surface area contributed by atoms with E-state index in [1.807, 2.05) is 0 Å². The summed E-state index contributed by atoms with van der Waals surface area (Å²) >= 11 is 0. The minimum absolute atomic E-state index is 0.284. The third-order valence-corrected chi connectivity index (χ3v) is 3.72. The highest BCUT2D eigenvalue weighted by molar-refractivity contribution is 4.93. The van der Waals surface area contributed by atoms with Crippen molar-refractivity contribution in [3.8, 4) is 0 Å². The van der Waals surface area contributed by atoms with Crippen LogP contribution in [-0.4, -0.2) is 69.1 Å². The van der Waals surface area contributed by atoms with Gasteiger partial charge in [-0.15, -0.1) is 0 Å². The van der Waals surface area contributed by atoms with E-state index in [4.69, 9.17) is 14.2 Å². The van der Waals surface area contributed by atoms with Crippen LogP contribution in [0.25, 0.3) is 0 Å². The van der Waals surface area contributed by atoms with Crippen molar-refractivity contribution in [3.63, 3.8) is 0 Å². The van der Waals surface area contributed by atoms with Gasteiger partial charge in [-0.05, 0) is 20.8 Å². The van der Waals surface area contributed by atoms with Gasteiger partial charge < -0.3 is 34.6 Å². The van der Waals surface area contributed by atoms with Gasteiger partial charge in [-0.1, -0.05) is 0 Å². The molecular weight excluding hydrogens is 256 g/mol. The number of rotatable bonds is 2. The SMILES string of the molecule is CC1CC(O)C(O)[C@@H](O[C@@]2(C)O[C@H](C)C(O)[C@H]2O)O1. The Hall–Kier alpha value is -0.280. The van der Waals surface area contributed by atoms with E-state index < -0.39 is 42.6 Å². The van der Waals surface area contributed by atoms with Crippen molar-refractivity contribution in [3.05, 3.63) is 0 Å². The topological polar surface area (TPSA) is 109 Å². The second kappa shape index (κ2) is 5.25. The summed E-state index contributed by atoms with van der Waals surface area (Å²) in [6, 6.07) is 0. The van der Waals surface area contributed by atoms with Crippen LogP contribution >= 0.6 is 0 Å². The van der Waals surface area contributed by atoms with E-state index in [1.54, 1.807) is 13.8 Å². The third kappa shape index (κ3) is 2.78. The Morgan fingerprint density at radius 1 is 1.11 bits per heavy atom. The van der Waals surface area contributed by atoms with Crippen molar-refractivity contribution in [2.24, 2.45) is 0 Å². The van der Waals surface area contributed by atoms with Gasteiger partial charge in [-0.25, -0.2) is 0 Å². The average molecular weight is 278 g/mol. The number of hydrogen-bond donors (Lipinski definition) is 4. The molecule has 7 nitrogen and oxygen atoms in total. The number of ether oxygens (including phenoxy) is 3. The first-order valence-electron chi connectivity index (χ1n) is 6.48. The smallest absolute Gasteiger partial charge is 0.197 e. The monoisotopic (exact) mass is 278 g/mol. The summed E-state index contributed by atoms with van der Waals surface area (Å²) in [4.78, 5) is 0. The van der Waals surface area contributed by atoms with E-state index in [1.165, 1.54) is 6.92 Å². The van der Waals surface area contributed by atoms with Crippen LogP contribution in [0.4, 0.5) is 0 Å². The van der Waals surface area contributed by atoms with Crippen LogP contribution in [0.15, 0.2) is 0 Å². The molecule has 0 aromatic carbocycles. The molecule has 2 aliphatic heterocycles. The van der Waals surface area contributed by atoms with Gasteiger partial charge in [0.2, 0.25) is 0 Å².